The number of para-hydroxylation sites is 2. The van der Waals surface area contributed by atoms with Crippen LogP contribution >= 0.6 is 22.7 Å². The van der Waals surface area contributed by atoms with Crippen molar-refractivity contribution < 1.29 is 0 Å². The second-order valence-corrected chi connectivity index (χ2v) is 9.78. The molecule has 0 saturated heterocycles. The maximum atomic E-state index is 4.72. The van der Waals surface area contributed by atoms with Gasteiger partial charge in [0.05, 0.1) is 22.4 Å². The lowest BCUT2D eigenvalue weighted by Crippen LogP contribution is -1.82. The highest BCUT2D eigenvalue weighted by atomic mass is 32.1. The molecule has 0 aliphatic rings. The highest BCUT2D eigenvalue weighted by Crippen LogP contribution is 2.35. The minimum absolute atomic E-state index is 0.979. The Balaban J connectivity index is 1.21. The molecule has 2 aromatic carbocycles. The average Bonchev–Trinajstić information content (AvgIpc) is 3.39. The molecule has 4 heteroatoms. The van der Waals surface area contributed by atoms with Crippen molar-refractivity contribution in [3.05, 3.63) is 106 Å². The van der Waals surface area contributed by atoms with Gasteiger partial charge in [0.1, 0.15) is 0 Å². The van der Waals surface area contributed by atoms with Crippen LogP contribution in [0.3, 0.4) is 0 Å². The van der Waals surface area contributed by atoms with E-state index in [1.807, 2.05) is 46.9 Å². The summed E-state index contributed by atoms with van der Waals surface area (Å²) >= 11 is 3.62. The van der Waals surface area contributed by atoms with Gasteiger partial charge in [-0.1, -0.05) is 48.5 Å². The summed E-state index contributed by atoms with van der Waals surface area (Å²) in [5, 5.41) is 2.33. The molecule has 4 aromatic heterocycles. The first-order valence-corrected chi connectivity index (χ1v) is 12.0. The van der Waals surface area contributed by atoms with E-state index in [9.17, 15) is 0 Å². The Morgan fingerprint density at radius 3 is 1.47 bits per heavy atom. The SMILES string of the molecule is C(=C\c1cc2sc(/C=C/c3ccc4ccccc4n3)cc2s1)/c1ccc2ccccc2n1. The number of thiophene rings is 2. The molecule has 4 heterocycles. The average molecular weight is 447 g/mol. The van der Waals surface area contributed by atoms with E-state index < -0.39 is 0 Å². The minimum atomic E-state index is 0.979. The summed E-state index contributed by atoms with van der Waals surface area (Å²) in [7, 11) is 0. The molecule has 0 fully saturated rings. The van der Waals surface area contributed by atoms with E-state index in [2.05, 4.69) is 85.0 Å². The van der Waals surface area contributed by atoms with Gasteiger partial charge < -0.3 is 0 Å². The van der Waals surface area contributed by atoms with Gasteiger partial charge in [-0.15, -0.1) is 22.7 Å². The van der Waals surface area contributed by atoms with Crippen molar-refractivity contribution in [2.24, 2.45) is 0 Å². The van der Waals surface area contributed by atoms with E-state index in [0.717, 1.165) is 22.4 Å². The third kappa shape index (κ3) is 3.86. The van der Waals surface area contributed by atoms with Crippen molar-refractivity contribution in [1.82, 2.24) is 9.97 Å². The molecule has 6 aromatic rings. The van der Waals surface area contributed by atoms with E-state index in [-0.39, 0.29) is 0 Å². The van der Waals surface area contributed by atoms with E-state index in [1.165, 1.54) is 29.9 Å². The van der Waals surface area contributed by atoms with Crippen LogP contribution in [0.1, 0.15) is 21.1 Å². The number of aromatic nitrogens is 2. The zero-order valence-corrected chi connectivity index (χ0v) is 18.7. The number of hydrogen-bond acceptors (Lipinski definition) is 4. The zero-order chi connectivity index (χ0) is 21.3. The fourth-order valence-electron chi connectivity index (χ4n) is 3.72. The van der Waals surface area contributed by atoms with Gasteiger partial charge >= 0.3 is 0 Å². The lowest BCUT2D eigenvalue weighted by molar-refractivity contribution is 1.37. The van der Waals surface area contributed by atoms with Crippen LogP contribution in [0, 0.1) is 0 Å². The smallest absolute Gasteiger partial charge is 0.0709 e. The van der Waals surface area contributed by atoms with Gasteiger partial charge in [0.15, 0.2) is 0 Å². The number of rotatable bonds is 4. The fraction of sp³-hybridized carbons (Fsp3) is 0. The molecule has 0 aliphatic carbocycles. The highest BCUT2D eigenvalue weighted by Gasteiger charge is 2.05. The molecule has 0 saturated carbocycles. The Morgan fingerprint density at radius 1 is 0.500 bits per heavy atom. The lowest BCUT2D eigenvalue weighted by atomic mass is 10.2. The Labute approximate surface area is 193 Å². The predicted octanol–water partition coefficient (Wildman–Crippen LogP) is 8.40. The first-order chi connectivity index (χ1) is 15.8. The van der Waals surface area contributed by atoms with Crippen LogP contribution in [0.2, 0.25) is 0 Å². The van der Waals surface area contributed by atoms with Crippen molar-refractivity contribution in [2.45, 2.75) is 0 Å². The van der Waals surface area contributed by atoms with Crippen LogP contribution in [0.15, 0.2) is 84.9 Å². The van der Waals surface area contributed by atoms with Gasteiger partial charge in [-0.2, -0.15) is 0 Å². The second-order valence-electron chi connectivity index (χ2n) is 7.55. The molecule has 0 radical (unpaired) electrons. The summed E-state index contributed by atoms with van der Waals surface area (Å²) in [6.45, 7) is 0. The molecule has 0 unspecified atom stereocenters. The van der Waals surface area contributed by atoms with E-state index in [0.29, 0.717) is 0 Å². The van der Waals surface area contributed by atoms with Crippen molar-refractivity contribution in [3.63, 3.8) is 0 Å². The van der Waals surface area contributed by atoms with Gasteiger partial charge in [0.2, 0.25) is 0 Å². The fourth-order valence-corrected chi connectivity index (χ4v) is 5.95. The molecule has 0 amide bonds. The highest BCUT2D eigenvalue weighted by molar-refractivity contribution is 7.28. The maximum Gasteiger partial charge on any atom is 0.0709 e. The molecular weight excluding hydrogens is 428 g/mol. The summed E-state index contributed by atoms with van der Waals surface area (Å²) in [5.74, 6) is 0. The third-order valence-corrected chi connectivity index (χ3v) is 7.55. The molecular formula is C28H18N2S2. The Morgan fingerprint density at radius 2 is 0.969 bits per heavy atom. The van der Waals surface area contributed by atoms with Crippen LogP contribution < -0.4 is 0 Å². The number of hydrogen-bond donors (Lipinski definition) is 0. The normalized spacial score (nSPS) is 12.1. The van der Waals surface area contributed by atoms with Crippen molar-refractivity contribution >= 4 is 78.2 Å². The van der Waals surface area contributed by atoms with Crippen molar-refractivity contribution in [1.29, 1.82) is 0 Å². The molecule has 0 bridgehead atoms. The number of benzene rings is 2. The molecule has 32 heavy (non-hydrogen) atoms. The standard InChI is InChI=1S/C28H18N2S2/c1-3-7-25-19(5-1)9-11-21(29-25)13-15-23-17-27-28(31-23)18-24(32-27)16-14-22-12-10-20-6-2-4-8-26(20)30-22/h1-18H/b15-13+,16-14+. The van der Waals surface area contributed by atoms with Gasteiger partial charge in [-0.3, -0.25) is 0 Å². The molecule has 2 nitrogen and oxygen atoms in total. The maximum absolute atomic E-state index is 4.72. The first kappa shape index (κ1) is 19.1. The molecule has 6 rings (SSSR count). The van der Waals surface area contributed by atoms with Crippen molar-refractivity contribution in [2.75, 3.05) is 0 Å². The summed E-state index contributed by atoms with van der Waals surface area (Å²) < 4.78 is 2.62. The van der Waals surface area contributed by atoms with E-state index >= 15 is 0 Å². The predicted molar refractivity (Wildman–Crippen MR) is 141 cm³/mol. The number of fused-ring (bicyclic) bond motifs is 3. The van der Waals surface area contributed by atoms with Crippen molar-refractivity contribution in [3.8, 4) is 0 Å². The molecule has 0 aliphatic heterocycles. The quantitative estimate of drug-likeness (QED) is 0.272. The molecule has 0 atom stereocenters. The van der Waals surface area contributed by atoms with E-state index in [1.54, 1.807) is 0 Å². The Bertz CT molecular complexity index is 1490. The summed E-state index contributed by atoms with van der Waals surface area (Å²) in [6, 6.07) is 29.3. The Hall–Kier alpha value is -3.60. The lowest BCUT2D eigenvalue weighted by Gasteiger charge is -1.98. The van der Waals surface area contributed by atoms with Crippen LogP contribution in [0.25, 0.3) is 55.5 Å². The molecule has 0 N–H and O–H groups in total. The monoisotopic (exact) mass is 446 g/mol. The summed E-state index contributed by atoms with van der Waals surface area (Å²) in [4.78, 5) is 11.9. The van der Waals surface area contributed by atoms with Gasteiger partial charge in [0, 0.05) is 29.9 Å². The van der Waals surface area contributed by atoms with Gasteiger partial charge in [-0.25, -0.2) is 9.97 Å². The minimum Gasteiger partial charge on any atom is -0.248 e. The third-order valence-electron chi connectivity index (χ3n) is 5.32. The molecule has 0 spiro atoms. The van der Waals surface area contributed by atoms with Gasteiger partial charge in [-0.05, 0) is 60.7 Å². The van der Waals surface area contributed by atoms with Crippen LogP contribution in [-0.2, 0) is 0 Å². The van der Waals surface area contributed by atoms with E-state index in [4.69, 9.17) is 9.97 Å². The van der Waals surface area contributed by atoms with Gasteiger partial charge in [0.25, 0.3) is 0 Å². The largest absolute Gasteiger partial charge is 0.248 e. The van der Waals surface area contributed by atoms with Crippen LogP contribution in [0.5, 0.6) is 0 Å². The zero-order valence-electron chi connectivity index (χ0n) is 17.1. The Kier molecular flexibility index (Phi) is 4.87. The number of pyridine rings is 2. The van der Waals surface area contributed by atoms with Crippen LogP contribution in [0.4, 0.5) is 0 Å². The van der Waals surface area contributed by atoms with Crippen LogP contribution in [-0.4, -0.2) is 9.97 Å². The first-order valence-electron chi connectivity index (χ1n) is 10.4. The summed E-state index contributed by atoms with van der Waals surface area (Å²) in [6.07, 6.45) is 8.49. The second kappa shape index (κ2) is 8.15. The number of nitrogens with zero attached hydrogens (tertiary/aromatic N) is 2. The topological polar surface area (TPSA) is 25.8 Å². The summed E-state index contributed by atoms with van der Waals surface area (Å²) in [5.41, 5.74) is 4.01. The molecule has 152 valence electrons.